The van der Waals surface area contributed by atoms with Crippen molar-refractivity contribution >= 4 is 5.78 Å². The van der Waals surface area contributed by atoms with E-state index in [1.165, 1.54) is 19.3 Å². The maximum atomic E-state index is 12.3. The van der Waals surface area contributed by atoms with Gasteiger partial charge in [0.1, 0.15) is 5.78 Å². The fourth-order valence-electron chi connectivity index (χ4n) is 3.99. The van der Waals surface area contributed by atoms with Crippen molar-refractivity contribution in [1.82, 2.24) is 0 Å². The smallest absolute Gasteiger partial charge is 0.139 e. The summed E-state index contributed by atoms with van der Waals surface area (Å²) in [4.78, 5) is 12.3. The Labute approximate surface area is 100.0 Å². The van der Waals surface area contributed by atoms with Crippen molar-refractivity contribution in [3.8, 4) is 0 Å². The lowest BCUT2D eigenvalue weighted by atomic mass is 9.48. The molecule has 1 heteroatoms. The number of hydrogen-bond acceptors (Lipinski definition) is 1. The molecule has 2 aliphatic carbocycles. The molecule has 0 aromatic heterocycles. The minimum absolute atomic E-state index is 0.0154. The number of ketones is 1. The zero-order valence-corrected chi connectivity index (χ0v) is 11.3. The van der Waals surface area contributed by atoms with E-state index in [1.54, 1.807) is 0 Å². The third-order valence-electron chi connectivity index (χ3n) is 5.76. The number of fused-ring (bicyclic) bond motifs is 1. The van der Waals surface area contributed by atoms with Crippen LogP contribution in [0.5, 0.6) is 0 Å². The van der Waals surface area contributed by atoms with Crippen LogP contribution in [-0.4, -0.2) is 5.78 Å². The van der Waals surface area contributed by atoms with Gasteiger partial charge in [0, 0.05) is 11.8 Å². The van der Waals surface area contributed by atoms with E-state index in [0.717, 1.165) is 31.1 Å². The average molecular weight is 222 g/mol. The molecule has 92 valence electrons. The third kappa shape index (κ3) is 1.63. The minimum Gasteiger partial charge on any atom is -0.299 e. The Morgan fingerprint density at radius 3 is 2.56 bits per heavy atom. The summed E-state index contributed by atoms with van der Waals surface area (Å²) in [6.07, 6.45) is 6.95. The van der Waals surface area contributed by atoms with Crippen LogP contribution in [0.1, 0.15) is 66.2 Å². The average Bonchev–Trinajstić information content (AvgIpc) is 2.20. The normalized spacial score (nSPS) is 44.6. The van der Waals surface area contributed by atoms with Gasteiger partial charge in [-0.05, 0) is 49.4 Å². The fraction of sp³-hybridized carbons (Fsp3) is 0.933. The molecule has 0 bridgehead atoms. The lowest BCUT2D eigenvalue weighted by Crippen LogP contribution is -2.51. The largest absolute Gasteiger partial charge is 0.299 e. The molecule has 0 aromatic carbocycles. The highest BCUT2D eigenvalue weighted by molar-refractivity contribution is 5.86. The highest BCUT2D eigenvalue weighted by Crippen LogP contribution is 2.59. The van der Waals surface area contributed by atoms with Gasteiger partial charge in [0.2, 0.25) is 0 Å². The first-order chi connectivity index (χ1) is 7.39. The molecule has 0 aromatic rings. The van der Waals surface area contributed by atoms with Crippen molar-refractivity contribution in [1.29, 1.82) is 0 Å². The predicted octanol–water partition coefficient (Wildman–Crippen LogP) is 4.21. The molecule has 0 N–H and O–H groups in total. The van der Waals surface area contributed by atoms with Gasteiger partial charge in [0.05, 0.1) is 0 Å². The van der Waals surface area contributed by atoms with Crippen LogP contribution in [0.15, 0.2) is 0 Å². The number of carbonyl (C=O) groups is 1. The molecule has 0 aliphatic heterocycles. The molecule has 1 nitrogen and oxygen atoms in total. The van der Waals surface area contributed by atoms with Crippen LogP contribution in [-0.2, 0) is 4.79 Å². The lowest BCUT2D eigenvalue weighted by Gasteiger charge is -2.55. The van der Waals surface area contributed by atoms with Crippen molar-refractivity contribution in [2.24, 2.45) is 22.7 Å². The van der Waals surface area contributed by atoms with E-state index < -0.39 is 0 Å². The first-order valence-corrected chi connectivity index (χ1v) is 6.92. The van der Waals surface area contributed by atoms with E-state index in [4.69, 9.17) is 0 Å². The minimum atomic E-state index is -0.0154. The van der Waals surface area contributed by atoms with E-state index in [0.29, 0.717) is 11.2 Å². The van der Waals surface area contributed by atoms with E-state index >= 15 is 0 Å². The summed E-state index contributed by atoms with van der Waals surface area (Å²) < 4.78 is 0. The Morgan fingerprint density at radius 1 is 1.25 bits per heavy atom. The Balaban J connectivity index is 2.26. The molecular formula is C15H26O. The van der Waals surface area contributed by atoms with E-state index in [9.17, 15) is 4.79 Å². The predicted molar refractivity (Wildman–Crippen MR) is 67.3 cm³/mol. The number of rotatable bonds is 1. The summed E-state index contributed by atoms with van der Waals surface area (Å²) in [5.74, 6) is 2.04. The first kappa shape index (κ1) is 12.1. The van der Waals surface area contributed by atoms with Crippen LogP contribution in [0.2, 0.25) is 0 Å². The summed E-state index contributed by atoms with van der Waals surface area (Å²) >= 11 is 0. The molecular weight excluding hydrogens is 196 g/mol. The van der Waals surface area contributed by atoms with Gasteiger partial charge in [-0.2, -0.15) is 0 Å². The lowest BCUT2D eigenvalue weighted by molar-refractivity contribution is -0.148. The highest BCUT2D eigenvalue weighted by atomic mass is 16.1. The second kappa shape index (κ2) is 3.85. The quantitative estimate of drug-likeness (QED) is 0.649. The van der Waals surface area contributed by atoms with Crippen LogP contribution in [0.4, 0.5) is 0 Å². The van der Waals surface area contributed by atoms with E-state index in [2.05, 4.69) is 27.7 Å². The van der Waals surface area contributed by atoms with E-state index in [-0.39, 0.29) is 5.41 Å². The molecule has 0 saturated heterocycles. The van der Waals surface area contributed by atoms with Gasteiger partial charge in [0.15, 0.2) is 0 Å². The maximum absolute atomic E-state index is 12.3. The van der Waals surface area contributed by atoms with Gasteiger partial charge in [-0.1, -0.05) is 27.7 Å². The Morgan fingerprint density at radius 2 is 1.94 bits per heavy atom. The Hall–Kier alpha value is -0.330. The van der Waals surface area contributed by atoms with Crippen molar-refractivity contribution in [3.05, 3.63) is 0 Å². The van der Waals surface area contributed by atoms with Crippen LogP contribution in [0.3, 0.4) is 0 Å². The van der Waals surface area contributed by atoms with Crippen molar-refractivity contribution in [2.75, 3.05) is 0 Å². The summed E-state index contributed by atoms with van der Waals surface area (Å²) in [6, 6.07) is 0. The number of Topliss-reactive ketones (excluding diaryl/α,β-unsaturated/α-hetero) is 1. The van der Waals surface area contributed by atoms with Crippen LogP contribution in [0.25, 0.3) is 0 Å². The van der Waals surface area contributed by atoms with Crippen molar-refractivity contribution < 1.29 is 4.79 Å². The van der Waals surface area contributed by atoms with Crippen LogP contribution < -0.4 is 0 Å². The molecule has 0 heterocycles. The second-order valence-electron chi connectivity index (χ2n) is 6.92. The monoisotopic (exact) mass is 222 g/mol. The summed E-state index contributed by atoms with van der Waals surface area (Å²) in [7, 11) is 0. The summed E-state index contributed by atoms with van der Waals surface area (Å²) in [6.45, 7) is 9.23. The van der Waals surface area contributed by atoms with Crippen LogP contribution >= 0.6 is 0 Å². The molecule has 16 heavy (non-hydrogen) atoms. The second-order valence-corrected chi connectivity index (χ2v) is 6.92. The van der Waals surface area contributed by atoms with E-state index in [1.807, 2.05) is 0 Å². The van der Waals surface area contributed by atoms with Gasteiger partial charge < -0.3 is 0 Å². The molecule has 0 radical (unpaired) electrons. The molecule has 2 unspecified atom stereocenters. The van der Waals surface area contributed by atoms with Gasteiger partial charge in [-0.15, -0.1) is 0 Å². The zero-order valence-electron chi connectivity index (χ0n) is 11.3. The van der Waals surface area contributed by atoms with Gasteiger partial charge >= 0.3 is 0 Å². The van der Waals surface area contributed by atoms with Crippen LogP contribution in [0, 0.1) is 22.7 Å². The van der Waals surface area contributed by atoms with Crippen molar-refractivity contribution in [3.63, 3.8) is 0 Å². The van der Waals surface area contributed by atoms with Crippen molar-refractivity contribution in [2.45, 2.75) is 66.2 Å². The maximum Gasteiger partial charge on any atom is 0.139 e. The molecule has 2 fully saturated rings. The summed E-state index contributed by atoms with van der Waals surface area (Å²) in [5, 5.41) is 0. The molecule has 0 spiro atoms. The fourth-order valence-corrected chi connectivity index (χ4v) is 3.99. The van der Waals surface area contributed by atoms with Gasteiger partial charge in [0.25, 0.3) is 0 Å². The first-order valence-electron chi connectivity index (χ1n) is 6.92. The standard InChI is InChI=1S/C15H26O/c1-11(2)12-7-9-14(3)8-5-6-13(16)15(14,4)10-12/h11-12H,5-10H2,1-4H3/t12-,14?,15?/m1/s1. The topological polar surface area (TPSA) is 17.1 Å². The highest BCUT2D eigenvalue weighted by Gasteiger charge is 2.54. The van der Waals surface area contributed by atoms with Gasteiger partial charge in [-0.3, -0.25) is 4.79 Å². The summed E-state index contributed by atoms with van der Waals surface area (Å²) in [5.41, 5.74) is 0.284. The SMILES string of the molecule is CC(C)[C@@H]1CCC2(C)CCCC(=O)C2(C)C1. The molecule has 2 rings (SSSR count). The molecule has 2 aliphatic rings. The Kier molecular flexibility index (Phi) is 2.92. The Bertz CT molecular complexity index is 294. The molecule has 0 amide bonds. The van der Waals surface area contributed by atoms with Gasteiger partial charge in [-0.25, -0.2) is 0 Å². The molecule has 3 atom stereocenters. The zero-order chi connectivity index (χ0) is 12.0. The number of carbonyl (C=O) groups excluding carboxylic acids is 1. The number of hydrogen-bond donors (Lipinski definition) is 0. The molecule has 2 saturated carbocycles. The third-order valence-corrected chi connectivity index (χ3v) is 5.76.